The molecule has 0 unspecified atom stereocenters. The number of benzene rings is 1. The van der Waals surface area contributed by atoms with E-state index in [9.17, 15) is 5.11 Å². The summed E-state index contributed by atoms with van der Waals surface area (Å²) in [5.74, 6) is 0.336. The molecule has 4 N–H and O–H groups in total. The molecule has 1 aliphatic rings. The Kier molecular flexibility index (Phi) is 2.44. The van der Waals surface area contributed by atoms with Crippen molar-refractivity contribution in [2.75, 3.05) is 13.1 Å². The molecular formula is C11H16N2O. The number of hydrogen-bond acceptors (Lipinski definition) is 3. The molecule has 2 rings (SSSR count). The quantitative estimate of drug-likeness (QED) is 0.665. The van der Waals surface area contributed by atoms with E-state index in [0.717, 1.165) is 19.4 Å². The largest absolute Gasteiger partial charge is 0.508 e. The van der Waals surface area contributed by atoms with E-state index in [-0.39, 0.29) is 5.54 Å². The molecule has 0 spiro atoms. The fraction of sp³-hybridized carbons (Fsp3) is 0.455. The number of phenols is 1. The van der Waals surface area contributed by atoms with E-state index in [0.29, 0.717) is 12.3 Å². The average Bonchev–Trinajstić information content (AvgIpc) is 2.96. The van der Waals surface area contributed by atoms with Crippen molar-refractivity contribution in [3.8, 4) is 5.75 Å². The monoisotopic (exact) mass is 192 g/mol. The van der Waals surface area contributed by atoms with Gasteiger partial charge < -0.3 is 16.2 Å². The topological polar surface area (TPSA) is 58.3 Å². The standard InChI is InChI=1S/C11H16N2O/c12-6-7-13-11(4-5-11)9-2-1-3-10(14)8-9/h1-3,8,13-14H,4-7,12H2. The first-order valence-electron chi connectivity index (χ1n) is 5.01. The minimum Gasteiger partial charge on any atom is -0.508 e. The van der Waals surface area contributed by atoms with E-state index >= 15 is 0 Å². The van der Waals surface area contributed by atoms with Gasteiger partial charge in [-0.25, -0.2) is 0 Å². The normalized spacial score (nSPS) is 18.1. The molecule has 1 fully saturated rings. The van der Waals surface area contributed by atoms with Gasteiger partial charge in [0.15, 0.2) is 0 Å². The van der Waals surface area contributed by atoms with Gasteiger partial charge in [-0.15, -0.1) is 0 Å². The highest BCUT2D eigenvalue weighted by atomic mass is 16.3. The fourth-order valence-electron chi connectivity index (χ4n) is 1.81. The van der Waals surface area contributed by atoms with E-state index in [2.05, 4.69) is 11.4 Å². The zero-order valence-electron chi connectivity index (χ0n) is 8.16. The van der Waals surface area contributed by atoms with Gasteiger partial charge in [-0.3, -0.25) is 0 Å². The van der Waals surface area contributed by atoms with Crippen molar-refractivity contribution >= 4 is 0 Å². The van der Waals surface area contributed by atoms with Gasteiger partial charge in [0, 0.05) is 18.6 Å². The average molecular weight is 192 g/mol. The van der Waals surface area contributed by atoms with Crippen LogP contribution in [0.4, 0.5) is 0 Å². The molecular weight excluding hydrogens is 176 g/mol. The van der Waals surface area contributed by atoms with Crippen molar-refractivity contribution in [2.45, 2.75) is 18.4 Å². The summed E-state index contributed by atoms with van der Waals surface area (Å²) in [4.78, 5) is 0. The zero-order chi connectivity index (χ0) is 10.0. The Bertz CT molecular complexity index is 321. The Morgan fingerprint density at radius 3 is 2.79 bits per heavy atom. The van der Waals surface area contributed by atoms with Crippen LogP contribution in [0.5, 0.6) is 5.75 Å². The second-order valence-electron chi connectivity index (χ2n) is 3.85. The predicted molar refractivity (Wildman–Crippen MR) is 56.1 cm³/mol. The van der Waals surface area contributed by atoms with Crippen LogP contribution in [0.15, 0.2) is 24.3 Å². The molecule has 76 valence electrons. The third-order valence-electron chi connectivity index (χ3n) is 2.76. The molecule has 0 bridgehead atoms. The number of nitrogens with one attached hydrogen (secondary N) is 1. The van der Waals surface area contributed by atoms with Crippen LogP contribution in [0.2, 0.25) is 0 Å². The smallest absolute Gasteiger partial charge is 0.115 e. The molecule has 1 aromatic carbocycles. The second-order valence-corrected chi connectivity index (χ2v) is 3.85. The van der Waals surface area contributed by atoms with E-state index in [1.807, 2.05) is 12.1 Å². The van der Waals surface area contributed by atoms with Gasteiger partial charge >= 0.3 is 0 Å². The summed E-state index contributed by atoms with van der Waals surface area (Å²) in [6.45, 7) is 1.48. The lowest BCUT2D eigenvalue weighted by atomic mass is 10.0. The summed E-state index contributed by atoms with van der Waals surface area (Å²) in [5.41, 5.74) is 6.73. The summed E-state index contributed by atoms with van der Waals surface area (Å²) in [6.07, 6.45) is 2.27. The molecule has 0 atom stereocenters. The van der Waals surface area contributed by atoms with Gasteiger partial charge in [0.05, 0.1) is 0 Å². The summed E-state index contributed by atoms with van der Waals surface area (Å²) < 4.78 is 0. The van der Waals surface area contributed by atoms with E-state index in [1.54, 1.807) is 6.07 Å². The number of aromatic hydroxyl groups is 1. The first-order valence-corrected chi connectivity index (χ1v) is 5.01. The van der Waals surface area contributed by atoms with Crippen molar-refractivity contribution in [1.82, 2.24) is 5.32 Å². The van der Waals surface area contributed by atoms with E-state index in [1.165, 1.54) is 5.56 Å². The Labute approximate surface area is 83.9 Å². The summed E-state index contributed by atoms with van der Waals surface area (Å²) in [5, 5.41) is 12.8. The van der Waals surface area contributed by atoms with Gasteiger partial charge in [0.1, 0.15) is 5.75 Å². The molecule has 0 aromatic heterocycles. The Morgan fingerprint density at radius 1 is 1.43 bits per heavy atom. The lowest BCUT2D eigenvalue weighted by Gasteiger charge is -2.17. The molecule has 1 aromatic rings. The number of hydrogen-bond donors (Lipinski definition) is 3. The van der Waals surface area contributed by atoms with Gasteiger partial charge in [-0.2, -0.15) is 0 Å². The maximum atomic E-state index is 9.38. The number of phenolic OH excluding ortho intramolecular Hbond substituents is 1. The van der Waals surface area contributed by atoms with E-state index in [4.69, 9.17) is 5.73 Å². The van der Waals surface area contributed by atoms with Crippen molar-refractivity contribution in [3.63, 3.8) is 0 Å². The fourth-order valence-corrected chi connectivity index (χ4v) is 1.81. The summed E-state index contributed by atoms with van der Waals surface area (Å²) >= 11 is 0. The lowest BCUT2D eigenvalue weighted by molar-refractivity contribution is 0.469. The highest BCUT2D eigenvalue weighted by Crippen LogP contribution is 2.45. The molecule has 14 heavy (non-hydrogen) atoms. The molecule has 1 aliphatic carbocycles. The van der Waals surface area contributed by atoms with Crippen molar-refractivity contribution in [2.24, 2.45) is 5.73 Å². The van der Waals surface area contributed by atoms with Crippen molar-refractivity contribution in [1.29, 1.82) is 0 Å². The maximum Gasteiger partial charge on any atom is 0.115 e. The first-order chi connectivity index (χ1) is 6.77. The molecule has 0 heterocycles. The van der Waals surface area contributed by atoms with Crippen molar-refractivity contribution in [3.05, 3.63) is 29.8 Å². The SMILES string of the molecule is NCCNC1(c2cccc(O)c2)CC1. The second kappa shape index (κ2) is 3.59. The van der Waals surface area contributed by atoms with Crippen LogP contribution in [0, 0.1) is 0 Å². The van der Waals surface area contributed by atoms with Crippen LogP contribution in [0.1, 0.15) is 18.4 Å². The lowest BCUT2D eigenvalue weighted by Crippen LogP contribution is -2.33. The van der Waals surface area contributed by atoms with Gasteiger partial charge in [-0.1, -0.05) is 12.1 Å². The first kappa shape index (κ1) is 9.49. The minimum absolute atomic E-state index is 0.0953. The summed E-state index contributed by atoms with van der Waals surface area (Å²) in [7, 11) is 0. The van der Waals surface area contributed by atoms with Gasteiger partial charge in [0.25, 0.3) is 0 Å². The van der Waals surface area contributed by atoms with Crippen LogP contribution >= 0.6 is 0 Å². The Balaban J connectivity index is 2.14. The molecule has 1 saturated carbocycles. The third kappa shape index (κ3) is 1.74. The van der Waals surface area contributed by atoms with Crippen LogP contribution < -0.4 is 11.1 Å². The van der Waals surface area contributed by atoms with Gasteiger partial charge in [-0.05, 0) is 30.5 Å². The van der Waals surface area contributed by atoms with Gasteiger partial charge in [0.2, 0.25) is 0 Å². The maximum absolute atomic E-state index is 9.38. The van der Waals surface area contributed by atoms with Crippen molar-refractivity contribution < 1.29 is 5.11 Å². The molecule has 3 nitrogen and oxygen atoms in total. The Morgan fingerprint density at radius 2 is 2.21 bits per heavy atom. The van der Waals surface area contributed by atoms with Crippen LogP contribution in [0.25, 0.3) is 0 Å². The highest BCUT2D eigenvalue weighted by molar-refractivity contribution is 5.36. The highest BCUT2D eigenvalue weighted by Gasteiger charge is 2.43. The number of rotatable bonds is 4. The minimum atomic E-state index is 0.0953. The van der Waals surface area contributed by atoms with Crippen LogP contribution in [-0.4, -0.2) is 18.2 Å². The predicted octanol–water partition coefficient (Wildman–Crippen LogP) is 0.930. The van der Waals surface area contributed by atoms with Crippen LogP contribution in [0.3, 0.4) is 0 Å². The molecule has 0 aliphatic heterocycles. The zero-order valence-corrected chi connectivity index (χ0v) is 8.16. The number of nitrogens with two attached hydrogens (primary N) is 1. The molecule has 0 saturated heterocycles. The van der Waals surface area contributed by atoms with Crippen LogP contribution in [-0.2, 0) is 5.54 Å². The molecule has 3 heteroatoms. The Hall–Kier alpha value is -1.06. The molecule has 0 radical (unpaired) electrons. The third-order valence-corrected chi connectivity index (χ3v) is 2.76. The summed E-state index contributed by atoms with van der Waals surface area (Å²) in [6, 6.07) is 7.46. The molecule has 0 amide bonds. The van der Waals surface area contributed by atoms with E-state index < -0.39 is 0 Å².